The van der Waals surface area contributed by atoms with Crippen LogP contribution in [0.3, 0.4) is 0 Å². The number of carbonyl (C=O) groups excluding carboxylic acids is 1. The number of para-hydroxylation sites is 1. The number of aromatic nitrogens is 1. The number of fused-ring (bicyclic) bond motifs is 1. The lowest BCUT2D eigenvalue weighted by molar-refractivity contribution is -0.131. The van der Waals surface area contributed by atoms with Crippen LogP contribution in [0, 0.1) is 0 Å². The van der Waals surface area contributed by atoms with Gasteiger partial charge in [-0.1, -0.05) is 54.4 Å². The van der Waals surface area contributed by atoms with Crippen molar-refractivity contribution in [3.63, 3.8) is 0 Å². The molecule has 6 heteroatoms. The van der Waals surface area contributed by atoms with E-state index in [9.17, 15) is 4.79 Å². The van der Waals surface area contributed by atoms with Crippen LogP contribution in [0.5, 0.6) is 0 Å². The molecule has 0 spiro atoms. The van der Waals surface area contributed by atoms with E-state index >= 15 is 0 Å². The summed E-state index contributed by atoms with van der Waals surface area (Å²) >= 11 is 13.9. The van der Waals surface area contributed by atoms with Crippen molar-refractivity contribution in [2.45, 2.75) is 18.3 Å². The number of hydrogen-bond acceptors (Lipinski definition) is 3. The molecule has 3 nitrogen and oxygen atoms in total. The second kappa shape index (κ2) is 7.63. The molecule has 3 rings (SSSR count). The number of rotatable bonds is 5. The van der Waals surface area contributed by atoms with Crippen LogP contribution in [-0.2, 0) is 10.2 Å². The predicted octanol–water partition coefficient (Wildman–Crippen LogP) is 5.92. The van der Waals surface area contributed by atoms with Crippen molar-refractivity contribution in [1.29, 1.82) is 0 Å². The highest BCUT2D eigenvalue weighted by atomic mass is 35.5. The van der Waals surface area contributed by atoms with E-state index in [-0.39, 0.29) is 5.91 Å². The molecule has 0 aliphatic carbocycles. The van der Waals surface area contributed by atoms with Gasteiger partial charge in [0.25, 0.3) is 0 Å². The molecule has 1 aromatic heterocycles. The number of hydrogen-bond donors (Lipinski definition) is 0. The number of benzene rings is 2. The summed E-state index contributed by atoms with van der Waals surface area (Å²) in [4.78, 5) is 19.6. The number of halogens is 2. The van der Waals surface area contributed by atoms with Crippen molar-refractivity contribution in [3.8, 4) is 0 Å². The van der Waals surface area contributed by atoms with Crippen molar-refractivity contribution in [3.05, 3.63) is 75.7 Å². The molecular weight excluding hydrogens is 399 g/mol. The maximum atomic E-state index is 13.2. The van der Waals surface area contributed by atoms with Gasteiger partial charge in [-0.2, -0.15) is 0 Å². The smallest absolute Gasteiger partial charge is 0.233 e. The molecule has 1 amide bonds. The summed E-state index contributed by atoms with van der Waals surface area (Å²) in [7, 11) is 3.50. The number of amides is 1. The number of carbonyl (C=O) groups is 1. The maximum Gasteiger partial charge on any atom is 0.233 e. The highest BCUT2D eigenvalue weighted by Crippen LogP contribution is 2.44. The van der Waals surface area contributed by atoms with Gasteiger partial charge in [0.05, 0.1) is 20.3 Å². The van der Waals surface area contributed by atoms with Gasteiger partial charge in [0.1, 0.15) is 10.9 Å². The maximum absolute atomic E-state index is 13.2. The first-order valence-corrected chi connectivity index (χ1v) is 10.0. The SMILES string of the molecule is C=C[C@@](C)(c1ccc(Cl)c(Cl)c1)[C@@H](C(=O)N(C)C)c1nc2ccccc2s1. The standard InChI is InChI=1S/C21H20Cl2N2OS/c1-5-21(2,13-10-11-14(22)15(23)12-13)18(20(26)25(3)4)19-24-16-8-6-7-9-17(16)27-19/h5-12,18H,1H2,2-4H3/t18-,21+/m1/s1. The number of likely N-dealkylation sites (N-methyl/N-ethyl adjacent to an activating group) is 1. The zero-order chi connectivity index (χ0) is 19.8. The Balaban J connectivity index is 2.22. The Morgan fingerprint density at radius 2 is 1.93 bits per heavy atom. The third-order valence-corrected chi connectivity index (χ3v) is 6.65. The van der Waals surface area contributed by atoms with E-state index in [2.05, 4.69) is 6.58 Å². The highest BCUT2D eigenvalue weighted by molar-refractivity contribution is 7.18. The Morgan fingerprint density at radius 3 is 2.52 bits per heavy atom. The molecule has 0 bridgehead atoms. The van der Waals surface area contributed by atoms with Gasteiger partial charge in [0.15, 0.2) is 0 Å². The number of nitrogens with zero attached hydrogens (tertiary/aromatic N) is 2. The van der Waals surface area contributed by atoms with E-state index in [4.69, 9.17) is 28.2 Å². The van der Waals surface area contributed by atoms with E-state index in [0.717, 1.165) is 20.8 Å². The monoisotopic (exact) mass is 418 g/mol. The average Bonchev–Trinajstić information content (AvgIpc) is 3.07. The summed E-state index contributed by atoms with van der Waals surface area (Å²) in [5.74, 6) is -0.567. The lowest BCUT2D eigenvalue weighted by Gasteiger charge is -2.35. The molecule has 2 aromatic carbocycles. The summed E-state index contributed by atoms with van der Waals surface area (Å²) < 4.78 is 1.05. The Bertz CT molecular complexity index is 981. The highest BCUT2D eigenvalue weighted by Gasteiger charge is 2.42. The Kier molecular flexibility index (Phi) is 5.61. The van der Waals surface area contributed by atoms with Gasteiger partial charge in [0.2, 0.25) is 5.91 Å². The molecule has 0 aliphatic rings. The van der Waals surface area contributed by atoms with Crippen LogP contribution < -0.4 is 0 Å². The van der Waals surface area contributed by atoms with Crippen molar-refractivity contribution in [1.82, 2.24) is 9.88 Å². The van der Waals surface area contributed by atoms with Crippen LogP contribution in [0.2, 0.25) is 10.0 Å². The number of allylic oxidation sites excluding steroid dienone is 1. The summed E-state index contributed by atoms with van der Waals surface area (Å²) in [5, 5.41) is 1.67. The molecule has 0 fully saturated rings. The second-order valence-corrected chi connectivity index (χ2v) is 8.68. The fourth-order valence-electron chi connectivity index (χ4n) is 3.12. The normalized spacial score (nSPS) is 14.6. The van der Waals surface area contributed by atoms with Crippen molar-refractivity contribution in [2.24, 2.45) is 0 Å². The van der Waals surface area contributed by atoms with Gasteiger partial charge in [-0.15, -0.1) is 17.9 Å². The van der Waals surface area contributed by atoms with Crippen LogP contribution in [0.25, 0.3) is 10.2 Å². The summed E-state index contributed by atoms with van der Waals surface area (Å²) in [6, 6.07) is 13.3. The van der Waals surface area contributed by atoms with E-state index in [1.165, 1.54) is 11.3 Å². The second-order valence-electron chi connectivity index (χ2n) is 6.80. The molecule has 27 heavy (non-hydrogen) atoms. The zero-order valence-corrected chi connectivity index (χ0v) is 17.7. The number of thiazole rings is 1. The molecule has 140 valence electrons. The van der Waals surface area contributed by atoms with Gasteiger partial charge >= 0.3 is 0 Å². The predicted molar refractivity (Wildman–Crippen MR) is 115 cm³/mol. The molecule has 0 unspecified atom stereocenters. The van der Waals surface area contributed by atoms with Gasteiger partial charge in [0, 0.05) is 19.5 Å². The largest absolute Gasteiger partial charge is 0.348 e. The first kappa shape index (κ1) is 19.9. The molecule has 2 atom stereocenters. The van der Waals surface area contributed by atoms with Crippen LogP contribution in [0.15, 0.2) is 55.1 Å². The minimum absolute atomic E-state index is 0.0393. The topological polar surface area (TPSA) is 33.2 Å². The quantitative estimate of drug-likeness (QED) is 0.481. The fourth-order valence-corrected chi connectivity index (χ4v) is 4.62. The minimum Gasteiger partial charge on any atom is -0.348 e. The van der Waals surface area contributed by atoms with E-state index < -0.39 is 11.3 Å². The van der Waals surface area contributed by atoms with Crippen molar-refractivity contribution >= 4 is 50.7 Å². The molecular formula is C21H20Cl2N2OS. The van der Waals surface area contributed by atoms with Crippen LogP contribution in [-0.4, -0.2) is 29.9 Å². The van der Waals surface area contributed by atoms with Gasteiger partial charge in [-0.25, -0.2) is 4.98 Å². The Hall–Kier alpha value is -1.88. The lowest BCUT2D eigenvalue weighted by atomic mass is 9.71. The molecule has 0 saturated heterocycles. The zero-order valence-electron chi connectivity index (χ0n) is 15.4. The molecule has 3 aromatic rings. The van der Waals surface area contributed by atoms with Crippen molar-refractivity contribution in [2.75, 3.05) is 14.1 Å². The Morgan fingerprint density at radius 1 is 1.22 bits per heavy atom. The molecule has 0 saturated carbocycles. The third-order valence-electron chi connectivity index (χ3n) is 4.81. The van der Waals surface area contributed by atoms with Gasteiger partial charge < -0.3 is 4.90 Å². The molecule has 0 N–H and O–H groups in total. The summed E-state index contributed by atoms with van der Waals surface area (Å²) in [5.41, 5.74) is 1.05. The molecule has 0 radical (unpaired) electrons. The fraction of sp³-hybridized carbons (Fsp3) is 0.238. The molecule has 0 aliphatic heterocycles. The van der Waals surface area contributed by atoms with E-state index in [0.29, 0.717) is 10.0 Å². The van der Waals surface area contributed by atoms with Crippen LogP contribution in [0.1, 0.15) is 23.4 Å². The first-order chi connectivity index (χ1) is 12.8. The average molecular weight is 419 g/mol. The summed E-state index contributed by atoms with van der Waals surface area (Å²) in [6.07, 6.45) is 1.80. The van der Waals surface area contributed by atoms with Gasteiger partial charge in [-0.05, 0) is 29.8 Å². The van der Waals surface area contributed by atoms with E-state index in [1.807, 2.05) is 37.3 Å². The van der Waals surface area contributed by atoms with Crippen LogP contribution >= 0.6 is 34.5 Å². The van der Waals surface area contributed by atoms with Gasteiger partial charge in [-0.3, -0.25) is 4.79 Å². The van der Waals surface area contributed by atoms with E-state index in [1.54, 1.807) is 37.2 Å². The van der Waals surface area contributed by atoms with Crippen LogP contribution in [0.4, 0.5) is 0 Å². The van der Waals surface area contributed by atoms with Crippen molar-refractivity contribution < 1.29 is 4.79 Å². The third kappa shape index (κ3) is 3.62. The molecule has 1 heterocycles. The lowest BCUT2D eigenvalue weighted by Crippen LogP contribution is -2.40. The Labute approximate surface area is 173 Å². The minimum atomic E-state index is -0.705. The first-order valence-electron chi connectivity index (χ1n) is 8.43. The summed E-state index contributed by atoms with van der Waals surface area (Å²) in [6.45, 7) is 6.02.